The number of rotatable bonds is 4. The first-order valence-electron chi connectivity index (χ1n) is 9.34. The Hall–Kier alpha value is -1.33. The van der Waals surface area contributed by atoms with Gasteiger partial charge in [0.05, 0.1) is 16.1 Å². The van der Waals surface area contributed by atoms with E-state index in [0.29, 0.717) is 18.3 Å². The maximum absolute atomic E-state index is 13.1. The van der Waals surface area contributed by atoms with E-state index in [2.05, 4.69) is 5.32 Å². The van der Waals surface area contributed by atoms with Gasteiger partial charge in [-0.05, 0) is 75.5 Å². The number of benzene rings is 1. The van der Waals surface area contributed by atoms with Crippen LogP contribution in [0.3, 0.4) is 0 Å². The van der Waals surface area contributed by atoms with Crippen molar-refractivity contribution in [1.29, 1.82) is 0 Å². The van der Waals surface area contributed by atoms with E-state index in [9.17, 15) is 14.0 Å². The number of anilines is 1. The van der Waals surface area contributed by atoms with Gasteiger partial charge >= 0.3 is 5.97 Å². The fourth-order valence-electron chi connectivity index (χ4n) is 5.55. The number of carbonyl (C=O) groups is 2. The van der Waals surface area contributed by atoms with E-state index in [1.54, 1.807) is 0 Å². The molecule has 0 spiro atoms. The molecule has 4 aliphatic carbocycles. The van der Waals surface area contributed by atoms with Gasteiger partial charge in [0.1, 0.15) is 5.82 Å². The van der Waals surface area contributed by atoms with Crippen LogP contribution in [0.1, 0.15) is 45.4 Å². The van der Waals surface area contributed by atoms with Crippen molar-refractivity contribution in [3.05, 3.63) is 29.0 Å². The number of carbonyl (C=O) groups excluding carboxylic acids is 2. The van der Waals surface area contributed by atoms with Crippen molar-refractivity contribution in [2.45, 2.75) is 56.4 Å². The van der Waals surface area contributed by atoms with Crippen molar-refractivity contribution in [3.63, 3.8) is 0 Å². The first-order valence-corrected chi connectivity index (χ1v) is 10.1. The lowest BCUT2D eigenvalue weighted by Crippen LogP contribution is -2.57. The number of halogens is 3. The lowest BCUT2D eigenvalue weighted by atomic mass is 9.49. The zero-order valence-electron chi connectivity index (χ0n) is 15.1. The van der Waals surface area contributed by atoms with Crippen LogP contribution < -0.4 is 5.32 Å². The Morgan fingerprint density at radius 1 is 1.26 bits per heavy atom. The normalized spacial score (nSPS) is 35.0. The smallest absolute Gasteiger partial charge is 0.312 e. The Morgan fingerprint density at radius 2 is 1.93 bits per heavy atom. The van der Waals surface area contributed by atoms with E-state index in [0.717, 1.165) is 38.2 Å². The number of nitrogens with one attached hydrogen (secondary N) is 1. The van der Waals surface area contributed by atoms with Crippen LogP contribution in [0.4, 0.5) is 10.1 Å². The van der Waals surface area contributed by atoms with Gasteiger partial charge in [0.25, 0.3) is 5.91 Å². The molecule has 1 N–H and O–H groups in total. The molecule has 0 aliphatic heterocycles. The number of hydrogen-bond acceptors (Lipinski definition) is 3. The minimum atomic E-state index is -0.974. The number of amides is 1. The topological polar surface area (TPSA) is 55.4 Å². The van der Waals surface area contributed by atoms with Crippen LogP contribution in [-0.4, -0.2) is 22.9 Å². The minimum Gasteiger partial charge on any atom is -0.452 e. The van der Waals surface area contributed by atoms with Crippen molar-refractivity contribution in [2.75, 3.05) is 5.32 Å². The van der Waals surface area contributed by atoms with Crippen molar-refractivity contribution < 1.29 is 18.7 Å². The summed E-state index contributed by atoms with van der Waals surface area (Å²) in [7, 11) is 0. The maximum Gasteiger partial charge on any atom is 0.312 e. The quantitative estimate of drug-likeness (QED) is 0.562. The lowest BCUT2D eigenvalue weighted by molar-refractivity contribution is -0.176. The molecule has 7 heteroatoms. The highest BCUT2D eigenvalue weighted by Gasteiger charge is 2.61. The van der Waals surface area contributed by atoms with E-state index >= 15 is 0 Å². The highest BCUT2D eigenvalue weighted by atomic mass is 35.5. The Morgan fingerprint density at radius 3 is 2.52 bits per heavy atom. The molecule has 1 aromatic carbocycles. The molecule has 0 aromatic heterocycles. The molecule has 4 fully saturated rings. The van der Waals surface area contributed by atoms with Gasteiger partial charge in [0.15, 0.2) is 6.10 Å². The fourth-order valence-corrected chi connectivity index (χ4v) is 6.46. The second-order valence-corrected chi connectivity index (χ2v) is 9.76. The minimum absolute atomic E-state index is 0.0899. The van der Waals surface area contributed by atoms with Crippen molar-refractivity contribution in [1.82, 2.24) is 0 Å². The molecule has 2 unspecified atom stereocenters. The van der Waals surface area contributed by atoms with E-state index < -0.39 is 23.2 Å². The zero-order valence-corrected chi connectivity index (χ0v) is 16.6. The van der Waals surface area contributed by atoms with Gasteiger partial charge in [-0.2, -0.15) is 0 Å². The molecule has 4 aliphatic rings. The Bertz CT molecular complexity index is 785. The van der Waals surface area contributed by atoms with E-state index in [4.69, 9.17) is 27.9 Å². The van der Waals surface area contributed by atoms with Crippen LogP contribution in [0, 0.1) is 23.1 Å². The molecular weight excluding hydrogens is 392 g/mol. The molecule has 4 bridgehead atoms. The molecule has 0 radical (unpaired) electrons. The molecule has 27 heavy (non-hydrogen) atoms. The van der Waals surface area contributed by atoms with E-state index in [-0.39, 0.29) is 21.6 Å². The average Bonchev–Trinajstić information content (AvgIpc) is 2.55. The highest BCUT2D eigenvalue weighted by molar-refractivity contribution is 6.33. The summed E-state index contributed by atoms with van der Waals surface area (Å²) < 4.78 is 18.7. The third-order valence-corrected chi connectivity index (χ3v) is 7.02. The van der Waals surface area contributed by atoms with Crippen LogP contribution in [0.25, 0.3) is 0 Å². The molecule has 0 saturated heterocycles. The SMILES string of the molecule is C[C@H](OC(=O)C12C[C@@H]3C[C@@H](CC(Cl)(C3)C1)C2)C(=O)Nc1ccc(F)cc1Cl. The Kier molecular flexibility index (Phi) is 4.66. The van der Waals surface area contributed by atoms with Gasteiger partial charge in [0.2, 0.25) is 0 Å². The summed E-state index contributed by atoms with van der Waals surface area (Å²) in [6.07, 6.45) is 4.34. The third kappa shape index (κ3) is 3.56. The van der Waals surface area contributed by atoms with Gasteiger partial charge in [-0.1, -0.05) is 11.6 Å². The van der Waals surface area contributed by atoms with Crippen LogP contribution in [0.5, 0.6) is 0 Å². The van der Waals surface area contributed by atoms with Crippen LogP contribution in [-0.2, 0) is 14.3 Å². The molecule has 0 heterocycles. The third-order valence-electron chi connectivity index (χ3n) is 6.26. The number of hydrogen-bond donors (Lipinski definition) is 1. The van der Waals surface area contributed by atoms with Gasteiger partial charge < -0.3 is 10.1 Å². The van der Waals surface area contributed by atoms with Crippen molar-refractivity contribution in [2.24, 2.45) is 17.3 Å². The molecular formula is C20H22Cl2FNO3. The van der Waals surface area contributed by atoms with Crippen LogP contribution in [0.15, 0.2) is 18.2 Å². The summed E-state index contributed by atoms with van der Waals surface area (Å²) in [6.45, 7) is 1.53. The van der Waals surface area contributed by atoms with Crippen LogP contribution in [0.2, 0.25) is 5.02 Å². The van der Waals surface area contributed by atoms with E-state index in [1.807, 2.05) is 0 Å². The second kappa shape index (κ2) is 6.63. The van der Waals surface area contributed by atoms with Crippen molar-refractivity contribution in [3.8, 4) is 0 Å². The molecule has 1 aromatic rings. The molecule has 4 nitrogen and oxygen atoms in total. The van der Waals surface area contributed by atoms with Gasteiger partial charge in [-0.3, -0.25) is 9.59 Å². The summed E-state index contributed by atoms with van der Waals surface area (Å²) >= 11 is 12.7. The molecule has 1 amide bonds. The van der Waals surface area contributed by atoms with Gasteiger partial charge in [-0.25, -0.2) is 4.39 Å². The molecule has 5 atom stereocenters. The predicted octanol–water partition coefficient (Wildman–Crippen LogP) is 4.93. The first kappa shape index (κ1) is 19.0. The standard InChI is InChI=1S/C20H22Cl2FNO3/c1-11(17(25)24-16-3-2-14(23)5-15(16)21)27-18(26)19-6-12-4-13(7-19)9-20(22,8-12)10-19/h2-3,5,11-13H,4,6-10H2,1H3,(H,24,25)/t11-,12-,13+,19?,20?/m0/s1. The first-order chi connectivity index (χ1) is 12.7. The highest BCUT2D eigenvalue weighted by Crippen LogP contribution is 2.64. The number of esters is 1. The van der Waals surface area contributed by atoms with Crippen molar-refractivity contribution >= 4 is 40.8 Å². The molecule has 4 saturated carbocycles. The second-order valence-electron chi connectivity index (χ2n) is 8.55. The van der Waals surface area contributed by atoms with Gasteiger partial charge in [-0.15, -0.1) is 11.6 Å². The molecule has 146 valence electrons. The van der Waals surface area contributed by atoms with E-state index in [1.165, 1.54) is 19.1 Å². The largest absolute Gasteiger partial charge is 0.452 e. The molecule has 5 rings (SSSR count). The predicted molar refractivity (Wildman–Crippen MR) is 101 cm³/mol. The summed E-state index contributed by atoms with van der Waals surface area (Å²) in [5.41, 5.74) is -0.283. The lowest BCUT2D eigenvalue weighted by Gasteiger charge is -2.58. The maximum atomic E-state index is 13.1. The zero-order chi connectivity index (χ0) is 19.4. The monoisotopic (exact) mass is 413 g/mol. The number of ether oxygens (including phenoxy) is 1. The summed E-state index contributed by atoms with van der Waals surface area (Å²) in [5, 5.41) is 2.67. The van der Waals surface area contributed by atoms with Gasteiger partial charge in [0, 0.05) is 4.87 Å². The Balaban J connectivity index is 1.42. The fraction of sp³-hybridized carbons (Fsp3) is 0.600. The summed E-state index contributed by atoms with van der Waals surface area (Å²) in [4.78, 5) is 25.1. The average molecular weight is 414 g/mol. The number of alkyl halides is 1. The summed E-state index contributed by atoms with van der Waals surface area (Å²) in [5.74, 6) is -0.372. The summed E-state index contributed by atoms with van der Waals surface area (Å²) in [6, 6.07) is 3.69. The Labute approximate surface area is 167 Å². The van der Waals surface area contributed by atoms with Crippen LogP contribution >= 0.6 is 23.2 Å².